The number of hydrogen-bond acceptors (Lipinski definition) is 4. The van der Waals surface area contributed by atoms with Crippen LogP contribution in [0.1, 0.15) is 11.1 Å². The molecule has 2 N–H and O–H groups in total. The molecule has 29 heavy (non-hydrogen) atoms. The molecule has 0 bridgehead atoms. The predicted molar refractivity (Wildman–Crippen MR) is 113 cm³/mol. The van der Waals surface area contributed by atoms with E-state index in [1.165, 1.54) is 18.3 Å². The molecule has 0 aliphatic heterocycles. The fourth-order valence-electron chi connectivity index (χ4n) is 2.41. The first-order chi connectivity index (χ1) is 14.1. The largest absolute Gasteiger partial charge is 0.487 e. The van der Waals surface area contributed by atoms with Crippen LogP contribution in [-0.2, 0) is 11.4 Å². The number of halogens is 2. The summed E-state index contributed by atoms with van der Waals surface area (Å²) in [5.74, 6) is -0.0574. The Balaban J connectivity index is 1.47. The minimum absolute atomic E-state index is 0.109. The van der Waals surface area contributed by atoms with Crippen molar-refractivity contribution < 1.29 is 13.9 Å². The maximum Gasteiger partial charge on any atom is 0.259 e. The molecular formula is C22H19ClFN3O2. The van der Waals surface area contributed by atoms with Crippen molar-refractivity contribution in [1.29, 1.82) is 0 Å². The van der Waals surface area contributed by atoms with Gasteiger partial charge in [-0.3, -0.25) is 4.79 Å². The van der Waals surface area contributed by atoms with Crippen LogP contribution < -0.4 is 15.5 Å². The van der Waals surface area contributed by atoms with E-state index >= 15 is 0 Å². The number of para-hydroxylation sites is 1. The lowest BCUT2D eigenvalue weighted by Gasteiger charge is -2.08. The lowest BCUT2D eigenvalue weighted by atomic mass is 10.2. The highest BCUT2D eigenvalue weighted by Crippen LogP contribution is 2.25. The summed E-state index contributed by atoms with van der Waals surface area (Å²) < 4.78 is 18.6. The van der Waals surface area contributed by atoms with Crippen LogP contribution in [0.2, 0.25) is 5.02 Å². The summed E-state index contributed by atoms with van der Waals surface area (Å²) in [6.45, 7) is 0.385. The maximum atomic E-state index is 12.9. The molecule has 0 atom stereocenters. The van der Waals surface area contributed by atoms with Gasteiger partial charge in [0, 0.05) is 5.69 Å². The van der Waals surface area contributed by atoms with Gasteiger partial charge in [0.05, 0.1) is 17.8 Å². The van der Waals surface area contributed by atoms with Crippen LogP contribution in [0.3, 0.4) is 0 Å². The Labute approximate surface area is 173 Å². The second-order valence-corrected chi connectivity index (χ2v) is 6.52. The van der Waals surface area contributed by atoms with Crippen molar-refractivity contribution in [3.8, 4) is 5.75 Å². The molecule has 0 heterocycles. The first-order valence-corrected chi connectivity index (χ1v) is 9.25. The molecule has 0 spiro atoms. The van der Waals surface area contributed by atoms with Gasteiger partial charge in [-0.2, -0.15) is 5.10 Å². The van der Waals surface area contributed by atoms with E-state index in [1.54, 1.807) is 30.3 Å². The third-order valence-electron chi connectivity index (χ3n) is 3.89. The maximum absolute atomic E-state index is 12.9. The number of carbonyl (C=O) groups excluding carboxylic acids is 1. The summed E-state index contributed by atoms with van der Waals surface area (Å²) in [5, 5.41) is 7.33. The average Bonchev–Trinajstić information content (AvgIpc) is 2.73. The van der Waals surface area contributed by atoms with Crippen molar-refractivity contribution in [1.82, 2.24) is 5.43 Å². The van der Waals surface area contributed by atoms with Crippen molar-refractivity contribution in [2.24, 2.45) is 5.10 Å². The van der Waals surface area contributed by atoms with Crippen LogP contribution in [0.15, 0.2) is 77.9 Å². The van der Waals surface area contributed by atoms with Gasteiger partial charge in [-0.05, 0) is 53.6 Å². The van der Waals surface area contributed by atoms with Crippen molar-refractivity contribution in [3.05, 3.63) is 94.8 Å². The van der Waals surface area contributed by atoms with Crippen molar-refractivity contribution >= 4 is 29.4 Å². The number of benzene rings is 3. The first kappa shape index (κ1) is 20.4. The van der Waals surface area contributed by atoms with Gasteiger partial charge in [-0.15, -0.1) is 0 Å². The minimum Gasteiger partial charge on any atom is -0.487 e. The molecule has 3 rings (SSSR count). The zero-order valence-electron chi connectivity index (χ0n) is 15.4. The minimum atomic E-state index is -0.293. The Morgan fingerprint density at radius 1 is 1.07 bits per heavy atom. The molecule has 148 valence electrons. The lowest BCUT2D eigenvalue weighted by molar-refractivity contribution is -0.119. The third-order valence-corrected chi connectivity index (χ3v) is 4.19. The highest BCUT2D eigenvalue weighted by atomic mass is 35.5. The van der Waals surface area contributed by atoms with E-state index in [9.17, 15) is 9.18 Å². The number of anilines is 1. The quantitative estimate of drug-likeness (QED) is 0.420. The highest BCUT2D eigenvalue weighted by molar-refractivity contribution is 6.32. The number of ether oxygens (including phenoxy) is 1. The van der Waals surface area contributed by atoms with Crippen LogP contribution in [-0.4, -0.2) is 18.7 Å². The van der Waals surface area contributed by atoms with E-state index in [2.05, 4.69) is 15.8 Å². The molecule has 5 nitrogen and oxygen atoms in total. The molecule has 7 heteroatoms. The van der Waals surface area contributed by atoms with Gasteiger partial charge in [0.1, 0.15) is 18.2 Å². The van der Waals surface area contributed by atoms with E-state index in [0.717, 1.165) is 11.3 Å². The molecule has 0 fully saturated rings. The van der Waals surface area contributed by atoms with Crippen molar-refractivity contribution in [2.45, 2.75) is 6.61 Å². The summed E-state index contributed by atoms with van der Waals surface area (Å²) in [6, 6.07) is 20.6. The van der Waals surface area contributed by atoms with E-state index in [0.29, 0.717) is 16.3 Å². The second-order valence-electron chi connectivity index (χ2n) is 6.12. The molecule has 1 amide bonds. The molecule has 3 aromatic carbocycles. The van der Waals surface area contributed by atoms with E-state index in [4.69, 9.17) is 16.3 Å². The number of hydrogen-bond donors (Lipinski definition) is 2. The molecule has 0 aliphatic rings. The Morgan fingerprint density at radius 3 is 2.55 bits per heavy atom. The number of carbonyl (C=O) groups is 1. The zero-order valence-corrected chi connectivity index (χ0v) is 16.2. The number of rotatable bonds is 8. The fourth-order valence-corrected chi connectivity index (χ4v) is 2.66. The van der Waals surface area contributed by atoms with Gasteiger partial charge in [-0.1, -0.05) is 41.9 Å². The Morgan fingerprint density at radius 2 is 1.83 bits per heavy atom. The van der Waals surface area contributed by atoms with E-state index in [1.807, 2.05) is 30.3 Å². The van der Waals surface area contributed by atoms with Crippen molar-refractivity contribution in [3.63, 3.8) is 0 Å². The summed E-state index contributed by atoms with van der Waals surface area (Å²) >= 11 is 6.24. The Hall–Kier alpha value is -3.38. The molecule has 0 aliphatic carbocycles. The normalized spacial score (nSPS) is 10.7. The summed E-state index contributed by atoms with van der Waals surface area (Å²) in [5.41, 5.74) is 4.85. The van der Waals surface area contributed by atoms with Gasteiger partial charge >= 0.3 is 0 Å². The molecule has 3 aromatic rings. The fraction of sp³-hybridized carbons (Fsp3) is 0.0909. The lowest BCUT2D eigenvalue weighted by Crippen LogP contribution is -2.25. The Bertz CT molecular complexity index is 979. The molecule has 0 aromatic heterocycles. The molecule has 0 saturated carbocycles. The summed E-state index contributed by atoms with van der Waals surface area (Å²) in [6.07, 6.45) is 1.50. The molecule has 0 unspecified atom stereocenters. The van der Waals surface area contributed by atoms with Crippen LogP contribution in [0.4, 0.5) is 10.1 Å². The monoisotopic (exact) mass is 411 g/mol. The summed E-state index contributed by atoms with van der Waals surface area (Å²) in [7, 11) is 0. The zero-order chi connectivity index (χ0) is 20.5. The predicted octanol–water partition coefficient (Wildman–Crippen LogP) is 4.62. The second kappa shape index (κ2) is 10.2. The SMILES string of the molecule is O=C(CNc1ccccc1)N/N=C/c1ccc(OCc2ccc(F)cc2)c(Cl)c1. The molecule has 0 saturated heterocycles. The molecule has 0 radical (unpaired) electrons. The number of amides is 1. The topological polar surface area (TPSA) is 62.7 Å². The standard InChI is InChI=1S/C22H19ClFN3O2/c23-20-12-17(8-11-21(20)29-15-16-6-9-18(24)10-7-16)13-26-27-22(28)14-25-19-4-2-1-3-5-19/h1-13,25H,14-15H2,(H,27,28)/b26-13+. The van der Waals surface area contributed by atoms with Crippen LogP contribution in [0.5, 0.6) is 5.75 Å². The summed E-state index contributed by atoms with van der Waals surface area (Å²) in [4.78, 5) is 11.8. The van der Waals surface area contributed by atoms with E-state index in [-0.39, 0.29) is 24.9 Å². The highest BCUT2D eigenvalue weighted by Gasteiger charge is 2.04. The van der Waals surface area contributed by atoms with Crippen LogP contribution in [0, 0.1) is 5.82 Å². The number of nitrogens with one attached hydrogen (secondary N) is 2. The van der Waals surface area contributed by atoms with E-state index < -0.39 is 0 Å². The first-order valence-electron chi connectivity index (χ1n) is 8.88. The van der Waals surface area contributed by atoms with Gasteiger partial charge < -0.3 is 10.1 Å². The van der Waals surface area contributed by atoms with Gasteiger partial charge in [0.15, 0.2) is 0 Å². The Kier molecular flexibility index (Phi) is 7.19. The van der Waals surface area contributed by atoms with Crippen molar-refractivity contribution in [2.75, 3.05) is 11.9 Å². The smallest absolute Gasteiger partial charge is 0.259 e. The van der Waals surface area contributed by atoms with Gasteiger partial charge in [-0.25, -0.2) is 9.82 Å². The van der Waals surface area contributed by atoms with Crippen LogP contribution in [0.25, 0.3) is 0 Å². The average molecular weight is 412 g/mol. The molecular weight excluding hydrogens is 393 g/mol. The van der Waals surface area contributed by atoms with Gasteiger partial charge in [0.2, 0.25) is 0 Å². The number of hydrazone groups is 1. The number of nitrogens with zero attached hydrogens (tertiary/aromatic N) is 1. The third kappa shape index (κ3) is 6.62. The van der Waals surface area contributed by atoms with Gasteiger partial charge in [0.25, 0.3) is 5.91 Å². The van der Waals surface area contributed by atoms with Crippen LogP contribution >= 0.6 is 11.6 Å².